The van der Waals surface area contributed by atoms with Crippen LogP contribution in [0.1, 0.15) is 24.1 Å². The maximum atomic E-state index is 5.72. The molecule has 1 aliphatic rings. The van der Waals surface area contributed by atoms with Gasteiger partial charge in [0, 0.05) is 11.4 Å². The molecule has 2 heterocycles. The molecular weight excluding hydrogens is 232 g/mol. The lowest BCUT2D eigenvalue weighted by Gasteiger charge is -2.06. The zero-order valence-corrected chi connectivity index (χ0v) is 10.7. The molecule has 3 rings (SSSR count). The Labute approximate surface area is 104 Å². The summed E-state index contributed by atoms with van der Waals surface area (Å²) in [7, 11) is 0. The van der Waals surface area contributed by atoms with Gasteiger partial charge in [0.15, 0.2) is 0 Å². The van der Waals surface area contributed by atoms with Gasteiger partial charge >= 0.3 is 0 Å². The number of aryl methyl sites for hydroxylation is 1. The number of hydrogen-bond acceptors (Lipinski definition) is 5. The summed E-state index contributed by atoms with van der Waals surface area (Å²) in [5.41, 5.74) is 5.72. The normalized spacial score (nSPS) is 15.4. The minimum atomic E-state index is 0.355. The van der Waals surface area contributed by atoms with Gasteiger partial charge in [0.1, 0.15) is 10.6 Å². The smallest absolute Gasteiger partial charge is 0.223 e. The van der Waals surface area contributed by atoms with Crippen LogP contribution in [0.25, 0.3) is 10.2 Å². The molecule has 0 spiro atoms. The van der Waals surface area contributed by atoms with Crippen molar-refractivity contribution in [3.63, 3.8) is 0 Å². The zero-order chi connectivity index (χ0) is 11.8. The third-order valence-electron chi connectivity index (χ3n) is 3.08. The molecule has 0 aromatic carbocycles. The van der Waals surface area contributed by atoms with E-state index in [1.165, 1.54) is 24.1 Å². The van der Waals surface area contributed by atoms with Gasteiger partial charge in [-0.05, 0) is 25.3 Å². The van der Waals surface area contributed by atoms with Gasteiger partial charge in [-0.3, -0.25) is 0 Å². The van der Waals surface area contributed by atoms with E-state index in [2.05, 4.69) is 28.3 Å². The van der Waals surface area contributed by atoms with E-state index in [0.29, 0.717) is 5.95 Å². The lowest BCUT2D eigenvalue weighted by molar-refractivity contribution is 0.759. The fourth-order valence-corrected chi connectivity index (χ4v) is 2.88. The third-order valence-corrected chi connectivity index (χ3v) is 4.02. The molecule has 0 saturated heterocycles. The SMILES string of the molecule is Cc1cc2c(NCCC3CC3)nc(N)nc2s1. The van der Waals surface area contributed by atoms with Gasteiger partial charge in [0.05, 0.1) is 5.39 Å². The Morgan fingerprint density at radius 2 is 2.29 bits per heavy atom. The van der Waals surface area contributed by atoms with E-state index >= 15 is 0 Å². The second-order valence-electron chi connectivity index (χ2n) is 4.67. The van der Waals surface area contributed by atoms with Gasteiger partial charge in [-0.25, -0.2) is 4.98 Å². The van der Waals surface area contributed by atoms with E-state index < -0.39 is 0 Å². The van der Waals surface area contributed by atoms with Crippen LogP contribution in [0.15, 0.2) is 6.07 Å². The van der Waals surface area contributed by atoms with Crippen LogP contribution >= 0.6 is 11.3 Å². The number of hydrogen-bond donors (Lipinski definition) is 2. The van der Waals surface area contributed by atoms with Gasteiger partial charge in [-0.1, -0.05) is 12.8 Å². The second-order valence-corrected chi connectivity index (χ2v) is 5.90. The average molecular weight is 248 g/mol. The van der Waals surface area contributed by atoms with Gasteiger partial charge in [-0.15, -0.1) is 11.3 Å². The summed E-state index contributed by atoms with van der Waals surface area (Å²) in [4.78, 5) is 10.8. The molecule has 1 fully saturated rings. The first-order valence-electron chi connectivity index (χ1n) is 6.00. The Kier molecular flexibility index (Phi) is 2.63. The summed E-state index contributed by atoms with van der Waals surface area (Å²) < 4.78 is 0. The Bertz CT molecular complexity index is 545. The van der Waals surface area contributed by atoms with E-state index in [-0.39, 0.29) is 0 Å². The summed E-state index contributed by atoms with van der Waals surface area (Å²) in [5, 5.41) is 4.48. The molecule has 90 valence electrons. The molecule has 0 unspecified atom stereocenters. The van der Waals surface area contributed by atoms with Crippen LogP contribution in [-0.2, 0) is 0 Å². The number of nitrogens with two attached hydrogens (primary N) is 1. The first-order chi connectivity index (χ1) is 8.22. The van der Waals surface area contributed by atoms with Crippen molar-refractivity contribution in [1.82, 2.24) is 9.97 Å². The quantitative estimate of drug-likeness (QED) is 0.873. The molecule has 0 bridgehead atoms. The van der Waals surface area contributed by atoms with E-state index in [1.807, 2.05) is 0 Å². The van der Waals surface area contributed by atoms with Crippen LogP contribution in [0.2, 0.25) is 0 Å². The Morgan fingerprint density at radius 1 is 1.47 bits per heavy atom. The highest BCUT2D eigenvalue weighted by Gasteiger charge is 2.20. The molecular formula is C12H16N4S. The number of nitrogens with one attached hydrogen (secondary N) is 1. The van der Waals surface area contributed by atoms with E-state index in [9.17, 15) is 0 Å². The predicted octanol–water partition coefficient (Wildman–Crippen LogP) is 2.79. The fraction of sp³-hybridized carbons (Fsp3) is 0.500. The summed E-state index contributed by atoms with van der Waals surface area (Å²) in [6.45, 7) is 3.06. The van der Waals surface area contributed by atoms with Crippen molar-refractivity contribution < 1.29 is 0 Å². The number of aromatic nitrogens is 2. The van der Waals surface area contributed by atoms with Crippen molar-refractivity contribution in [2.24, 2.45) is 5.92 Å². The minimum absolute atomic E-state index is 0.355. The number of nitrogens with zero attached hydrogens (tertiary/aromatic N) is 2. The van der Waals surface area contributed by atoms with Crippen molar-refractivity contribution in [3.8, 4) is 0 Å². The lowest BCUT2D eigenvalue weighted by atomic mass is 10.3. The van der Waals surface area contributed by atoms with Crippen LogP contribution in [0, 0.1) is 12.8 Å². The van der Waals surface area contributed by atoms with Crippen molar-refractivity contribution in [2.75, 3.05) is 17.6 Å². The van der Waals surface area contributed by atoms with E-state index in [0.717, 1.165) is 28.5 Å². The molecule has 4 nitrogen and oxygen atoms in total. The maximum absolute atomic E-state index is 5.72. The Hall–Kier alpha value is -1.36. The maximum Gasteiger partial charge on any atom is 0.223 e. The third kappa shape index (κ3) is 2.34. The molecule has 0 amide bonds. The van der Waals surface area contributed by atoms with Gasteiger partial charge in [0.2, 0.25) is 5.95 Å². The molecule has 0 radical (unpaired) electrons. The highest BCUT2D eigenvalue weighted by Crippen LogP contribution is 2.33. The first kappa shape index (κ1) is 10.8. The first-order valence-corrected chi connectivity index (χ1v) is 6.81. The van der Waals surface area contributed by atoms with Gasteiger partial charge in [0.25, 0.3) is 0 Å². The van der Waals surface area contributed by atoms with Crippen LogP contribution in [0.4, 0.5) is 11.8 Å². The lowest BCUT2D eigenvalue weighted by Crippen LogP contribution is -2.06. The van der Waals surface area contributed by atoms with Crippen LogP contribution in [-0.4, -0.2) is 16.5 Å². The highest BCUT2D eigenvalue weighted by atomic mass is 32.1. The number of thiophene rings is 1. The summed E-state index contributed by atoms with van der Waals surface area (Å²) >= 11 is 1.66. The van der Waals surface area contributed by atoms with Crippen LogP contribution < -0.4 is 11.1 Å². The topological polar surface area (TPSA) is 63.8 Å². The van der Waals surface area contributed by atoms with Crippen LogP contribution in [0.3, 0.4) is 0 Å². The fourth-order valence-electron chi connectivity index (χ4n) is 1.99. The molecule has 17 heavy (non-hydrogen) atoms. The molecule has 2 aromatic heterocycles. The van der Waals surface area contributed by atoms with Crippen LogP contribution in [0.5, 0.6) is 0 Å². The minimum Gasteiger partial charge on any atom is -0.369 e. The van der Waals surface area contributed by atoms with Crippen molar-refractivity contribution in [2.45, 2.75) is 26.2 Å². The predicted molar refractivity (Wildman–Crippen MR) is 72.4 cm³/mol. The number of fused-ring (bicyclic) bond motifs is 1. The molecule has 1 saturated carbocycles. The molecule has 1 aliphatic carbocycles. The molecule has 3 N–H and O–H groups in total. The van der Waals surface area contributed by atoms with Gasteiger partial charge in [-0.2, -0.15) is 4.98 Å². The highest BCUT2D eigenvalue weighted by molar-refractivity contribution is 7.18. The monoisotopic (exact) mass is 248 g/mol. The number of nitrogen functional groups attached to an aromatic ring is 1. The Balaban J connectivity index is 1.84. The Morgan fingerprint density at radius 3 is 3.06 bits per heavy atom. The average Bonchev–Trinajstić information content (AvgIpc) is 3.00. The molecule has 5 heteroatoms. The zero-order valence-electron chi connectivity index (χ0n) is 9.86. The summed E-state index contributed by atoms with van der Waals surface area (Å²) in [5.74, 6) is 2.17. The largest absolute Gasteiger partial charge is 0.369 e. The standard InChI is InChI=1S/C12H16N4S/c1-7-6-9-10(14-5-4-8-2-3-8)15-12(13)16-11(9)17-7/h6,8H,2-5H2,1H3,(H3,13,14,15,16). The van der Waals surface area contributed by atoms with Crippen molar-refractivity contribution in [1.29, 1.82) is 0 Å². The second kappa shape index (κ2) is 4.14. The molecule has 2 aromatic rings. The van der Waals surface area contributed by atoms with Crippen molar-refractivity contribution in [3.05, 3.63) is 10.9 Å². The summed E-state index contributed by atoms with van der Waals surface area (Å²) in [6, 6.07) is 2.12. The summed E-state index contributed by atoms with van der Waals surface area (Å²) in [6.07, 6.45) is 4.01. The molecule has 0 atom stereocenters. The van der Waals surface area contributed by atoms with Crippen molar-refractivity contribution >= 4 is 33.3 Å². The molecule has 0 aliphatic heterocycles. The van der Waals surface area contributed by atoms with E-state index in [1.54, 1.807) is 11.3 Å². The van der Waals surface area contributed by atoms with Gasteiger partial charge < -0.3 is 11.1 Å². The van der Waals surface area contributed by atoms with E-state index in [4.69, 9.17) is 5.73 Å². The number of rotatable bonds is 4. The number of anilines is 2.